The lowest BCUT2D eigenvalue weighted by Gasteiger charge is -2.36. The summed E-state index contributed by atoms with van der Waals surface area (Å²) in [6.45, 7) is 3.88. The van der Waals surface area contributed by atoms with E-state index in [0.29, 0.717) is 31.8 Å². The number of carbonyl (C=O) groups excluding carboxylic acids is 1. The molecule has 18 heavy (non-hydrogen) atoms. The van der Waals surface area contributed by atoms with Gasteiger partial charge in [-0.3, -0.25) is 0 Å². The normalized spacial score (nSPS) is 19.6. The zero-order chi connectivity index (χ0) is 13.4. The summed E-state index contributed by atoms with van der Waals surface area (Å²) in [5, 5.41) is 12.8. The molecule has 0 bridgehead atoms. The Morgan fingerprint density at radius 2 is 2.17 bits per heavy atom. The second-order valence-electron chi connectivity index (χ2n) is 4.51. The Bertz CT molecular complexity index is 295. The SMILES string of the molecule is CCC(=CCNC1(CO)CCOCC1)C(=O)OC. The Morgan fingerprint density at radius 3 is 2.67 bits per heavy atom. The highest BCUT2D eigenvalue weighted by atomic mass is 16.5. The van der Waals surface area contributed by atoms with E-state index in [2.05, 4.69) is 5.32 Å². The average molecular weight is 257 g/mol. The van der Waals surface area contributed by atoms with Crippen molar-refractivity contribution in [2.75, 3.05) is 33.5 Å². The molecule has 1 aliphatic heterocycles. The quantitative estimate of drug-likeness (QED) is 0.539. The van der Waals surface area contributed by atoms with Gasteiger partial charge in [0.05, 0.1) is 13.7 Å². The second-order valence-corrected chi connectivity index (χ2v) is 4.51. The van der Waals surface area contributed by atoms with E-state index in [1.54, 1.807) is 0 Å². The molecule has 0 aromatic carbocycles. The maximum atomic E-state index is 11.4. The average Bonchev–Trinajstić information content (AvgIpc) is 2.44. The van der Waals surface area contributed by atoms with Crippen LogP contribution >= 0.6 is 0 Å². The molecule has 0 atom stereocenters. The number of hydrogen-bond acceptors (Lipinski definition) is 5. The van der Waals surface area contributed by atoms with Crippen LogP contribution in [0.25, 0.3) is 0 Å². The highest BCUT2D eigenvalue weighted by Gasteiger charge is 2.30. The molecule has 0 saturated carbocycles. The second kappa shape index (κ2) is 7.51. The number of rotatable bonds is 6. The van der Waals surface area contributed by atoms with Crippen molar-refractivity contribution in [2.24, 2.45) is 0 Å². The number of esters is 1. The first-order valence-electron chi connectivity index (χ1n) is 6.38. The van der Waals surface area contributed by atoms with Gasteiger partial charge in [-0.15, -0.1) is 0 Å². The Morgan fingerprint density at radius 1 is 1.50 bits per heavy atom. The fourth-order valence-electron chi connectivity index (χ4n) is 2.05. The van der Waals surface area contributed by atoms with Crippen molar-refractivity contribution < 1.29 is 19.4 Å². The minimum atomic E-state index is -0.288. The predicted octanol–water partition coefficient (Wildman–Crippen LogP) is 0.627. The molecule has 0 radical (unpaired) electrons. The van der Waals surface area contributed by atoms with Gasteiger partial charge in [-0.1, -0.05) is 13.0 Å². The molecule has 1 heterocycles. The van der Waals surface area contributed by atoms with E-state index >= 15 is 0 Å². The number of carbonyl (C=O) groups is 1. The lowest BCUT2D eigenvalue weighted by Crippen LogP contribution is -2.52. The highest BCUT2D eigenvalue weighted by molar-refractivity contribution is 5.88. The summed E-state index contributed by atoms with van der Waals surface area (Å²) in [5.41, 5.74) is 0.383. The molecule has 1 aliphatic rings. The van der Waals surface area contributed by atoms with Crippen LogP contribution in [-0.2, 0) is 14.3 Å². The van der Waals surface area contributed by atoms with Gasteiger partial charge < -0.3 is 19.9 Å². The van der Waals surface area contributed by atoms with Gasteiger partial charge in [0.2, 0.25) is 0 Å². The third kappa shape index (κ3) is 4.08. The third-order valence-electron chi connectivity index (χ3n) is 3.41. The molecular weight excluding hydrogens is 234 g/mol. The zero-order valence-electron chi connectivity index (χ0n) is 11.2. The molecule has 2 N–H and O–H groups in total. The summed E-state index contributed by atoms with van der Waals surface area (Å²) in [5.74, 6) is -0.288. The van der Waals surface area contributed by atoms with Gasteiger partial charge in [0, 0.05) is 30.9 Å². The summed E-state index contributed by atoms with van der Waals surface area (Å²) < 4.78 is 9.98. The standard InChI is InChI=1S/C13H23NO4/c1-3-11(12(16)17-2)4-7-14-13(10-15)5-8-18-9-6-13/h4,14-15H,3,5-10H2,1-2H3. The van der Waals surface area contributed by atoms with Gasteiger partial charge >= 0.3 is 5.97 Å². The van der Waals surface area contributed by atoms with E-state index in [0.717, 1.165) is 12.8 Å². The molecule has 0 aromatic rings. The van der Waals surface area contributed by atoms with Crippen LogP contribution in [0.2, 0.25) is 0 Å². The summed E-state index contributed by atoms with van der Waals surface area (Å²) in [6.07, 6.45) is 4.05. The van der Waals surface area contributed by atoms with E-state index in [9.17, 15) is 9.90 Å². The Hall–Kier alpha value is -0.910. The maximum Gasteiger partial charge on any atom is 0.333 e. The molecule has 5 heteroatoms. The molecule has 0 aliphatic carbocycles. The molecule has 5 nitrogen and oxygen atoms in total. The summed E-state index contributed by atoms with van der Waals surface area (Å²) in [6, 6.07) is 0. The summed E-state index contributed by atoms with van der Waals surface area (Å²) >= 11 is 0. The fraction of sp³-hybridized carbons (Fsp3) is 0.769. The van der Waals surface area contributed by atoms with Crippen molar-refractivity contribution in [3.8, 4) is 0 Å². The van der Waals surface area contributed by atoms with Crippen LogP contribution in [0.4, 0.5) is 0 Å². The van der Waals surface area contributed by atoms with Crippen LogP contribution in [0.5, 0.6) is 0 Å². The Kier molecular flexibility index (Phi) is 6.32. The first kappa shape index (κ1) is 15.1. The predicted molar refractivity (Wildman–Crippen MR) is 68.3 cm³/mol. The van der Waals surface area contributed by atoms with Crippen molar-refractivity contribution in [1.82, 2.24) is 5.32 Å². The minimum absolute atomic E-state index is 0.0872. The molecule has 1 saturated heterocycles. The number of methoxy groups -OCH3 is 1. The van der Waals surface area contributed by atoms with Gasteiger partial charge in [0.15, 0.2) is 0 Å². The summed E-state index contributed by atoms with van der Waals surface area (Å²) in [4.78, 5) is 11.4. The lowest BCUT2D eigenvalue weighted by atomic mass is 9.91. The van der Waals surface area contributed by atoms with Gasteiger partial charge in [0.1, 0.15) is 0 Å². The zero-order valence-corrected chi connectivity index (χ0v) is 11.2. The number of hydrogen-bond donors (Lipinski definition) is 2. The van der Waals surface area contributed by atoms with E-state index < -0.39 is 0 Å². The van der Waals surface area contributed by atoms with E-state index in [-0.39, 0.29) is 18.1 Å². The maximum absolute atomic E-state index is 11.4. The molecular formula is C13H23NO4. The number of nitrogens with one attached hydrogen (secondary N) is 1. The number of aliphatic hydroxyl groups is 1. The molecule has 1 rings (SSSR count). The van der Waals surface area contributed by atoms with Gasteiger partial charge in [0.25, 0.3) is 0 Å². The Balaban J connectivity index is 2.51. The van der Waals surface area contributed by atoms with Gasteiger partial charge in [-0.05, 0) is 19.3 Å². The van der Waals surface area contributed by atoms with E-state index in [1.807, 2.05) is 13.0 Å². The van der Waals surface area contributed by atoms with Crippen LogP contribution < -0.4 is 5.32 Å². The van der Waals surface area contributed by atoms with Gasteiger partial charge in [-0.25, -0.2) is 4.79 Å². The smallest absolute Gasteiger partial charge is 0.333 e. The third-order valence-corrected chi connectivity index (χ3v) is 3.41. The molecule has 0 aromatic heterocycles. The number of aliphatic hydroxyl groups excluding tert-OH is 1. The molecule has 1 fully saturated rings. The monoisotopic (exact) mass is 257 g/mol. The summed E-state index contributed by atoms with van der Waals surface area (Å²) in [7, 11) is 1.38. The Labute approximate surface area is 108 Å². The van der Waals surface area contributed by atoms with Crippen molar-refractivity contribution >= 4 is 5.97 Å². The van der Waals surface area contributed by atoms with E-state index in [4.69, 9.17) is 9.47 Å². The van der Waals surface area contributed by atoms with Crippen LogP contribution in [0.15, 0.2) is 11.6 Å². The molecule has 104 valence electrons. The lowest BCUT2D eigenvalue weighted by molar-refractivity contribution is -0.136. The van der Waals surface area contributed by atoms with Crippen molar-refractivity contribution in [3.05, 3.63) is 11.6 Å². The fourth-order valence-corrected chi connectivity index (χ4v) is 2.05. The molecule has 0 unspecified atom stereocenters. The molecule has 0 amide bonds. The van der Waals surface area contributed by atoms with Gasteiger partial charge in [-0.2, -0.15) is 0 Å². The number of ether oxygens (including phenoxy) is 2. The largest absolute Gasteiger partial charge is 0.466 e. The van der Waals surface area contributed by atoms with Crippen molar-refractivity contribution in [1.29, 1.82) is 0 Å². The van der Waals surface area contributed by atoms with Crippen LogP contribution in [0, 0.1) is 0 Å². The van der Waals surface area contributed by atoms with Crippen LogP contribution in [0.3, 0.4) is 0 Å². The van der Waals surface area contributed by atoms with Crippen LogP contribution in [-0.4, -0.2) is 50.1 Å². The topological polar surface area (TPSA) is 67.8 Å². The highest BCUT2D eigenvalue weighted by Crippen LogP contribution is 2.19. The van der Waals surface area contributed by atoms with E-state index in [1.165, 1.54) is 7.11 Å². The molecule has 0 spiro atoms. The van der Waals surface area contributed by atoms with Crippen molar-refractivity contribution in [3.63, 3.8) is 0 Å². The first-order valence-corrected chi connectivity index (χ1v) is 6.38. The van der Waals surface area contributed by atoms with Crippen LogP contribution in [0.1, 0.15) is 26.2 Å². The van der Waals surface area contributed by atoms with Crippen molar-refractivity contribution in [2.45, 2.75) is 31.7 Å². The first-order chi connectivity index (χ1) is 8.67. The minimum Gasteiger partial charge on any atom is -0.466 e.